The standard InChI is InChI=1S/C10H8BrNO2/c1-12-5-4-6-8(11)3-2-7(9(6)12)10(13)14/h2-5H,1H3,(H,13,14). The van der Waals surface area contributed by atoms with Crippen molar-refractivity contribution in [2.24, 2.45) is 7.05 Å². The molecule has 3 nitrogen and oxygen atoms in total. The van der Waals surface area contributed by atoms with Crippen molar-refractivity contribution in [3.05, 3.63) is 34.4 Å². The van der Waals surface area contributed by atoms with E-state index in [0.717, 1.165) is 15.4 Å². The van der Waals surface area contributed by atoms with Gasteiger partial charge in [-0.1, -0.05) is 15.9 Å². The number of fused-ring (bicyclic) bond motifs is 1. The third-order valence-corrected chi connectivity index (χ3v) is 2.90. The van der Waals surface area contributed by atoms with Crippen molar-refractivity contribution in [3.63, 3.8) is 0 Å². The van der Waals surface area contributed by atoms with Crippen LogP contribution in [0.1, 0.15) is 10.4 Å². The van der Waals surface area contributed by atoms with Gasteiger partial charge >= 0.3 is 5.97 Å². The molecule has 0 bridgehead atoms. The molecule has 1 aromatic heterocycles. The number of aromatic carboxylic acids is 1. The maximum Gasteiger partial charge on any atom is 0.337 e. The average Bonchev–Trinajstić information content (AvgIpc) is 2.50. The van der Waals surface area contributed by atoms with Crippen molar-refractivity contribution in [1.82, 2.24) is 4.57 Å². The van der Waals surface area contributed by atoms with E-state index in [4.69, 9.17) is 5.11 Å². The molecule has 14 heavy (non-hydrogen) atoms. The molecule has 2 aromatic rings. The fourth-order valence-electron chi connectivity index (χ4n) is 1.56. The summed E-state index contributed by atoms with van der Waals surface area (Å²) in [5.74, 6) is -0.899. The highest BCUT2D eigenvalue weighted by molar-refractivity contribution is 9.10. The number of carboxylic acids is 1. The summed E-state index contributed by atoms with van der Waals surface area (Å²) in [6.45, 7) is 0. The van der Waals surface area contributed by atoms with E-state index in [1.807, 2.05) is 23.9 Å². The fourth-order valence-corrected chi connectivity index (χ4v) is 2.01. The third-order valence-electron chi connectivity index (χ3n) is 2.21. The van der Waals surface area contributed by atoms with Crippen LogP contribution in [-0.4, -0.2) is 15.6 Å². The zero-order valence-electron chi connectivity index (χ0n) is 7.49. The molecule has 0 fully saturated rings. The number of benzene rings is 1. The Morgan fingerprint density at radius 1 is 1.43 bits per heavy atom. The summed E-state index contributed by atoms with van der Waals surface area (Å²) < 4.78 is 2.72. The normalized spacial score (nSPS) is 10.7. The zero-order chi connectivity index (χ0) is 10.3. The highest BCUT2D eigenvalue weighted by atomic mass is 79.9. The van der Waals surface area contributed by atoms with Gasteiger partial charge in [-0.2, -0.15) is 0 Å². The maximum absolute atomic E-state index is 10.9. The van der Waals surface area contributed by atoms with Gasteiger partial charge in [-0.25, -0.2) is 4.79 Å². The summed E-state index contributed by atoms with van der Waals surface area (Å²) in [5, 5.41) is 9.91. The minimum absolute atomic E-state index is 0.329. The highest BCUT2D eigenvalue weighted by Gasteiger charge is 2.12. The molecule has 0 aliphatic heterocycles. The molecule has 0 saturated heterocycles. The van der Waals surface area contributed by atoms with Crippen LogP contribution in [0.2, 0.25) is 0 Å². The Hall–Kier alpha value is -1.29. The number of halogens is 1. The first-order chi connectivity index (χ1) is 6.61. The van der Waals surface area contributed by atoms with Gasteiger partial charge in [0.1, 0.15) is 0 Å². The number of hydrogen-bond donors (Lipinski definition) is 1. The molecule has 1 heterocycles. The van der Waals surface area contributed by atoms with Gasteiger partial charge in [0.25, 0.3) is 0 Å². The minimum Gasteiger partial charge on any atom is -0.478 e. The molecule has 0 aliphatic rings. The number of carbonyl (C=O) groups is 1. The largest absolute Gasteiger partial charge is 0.478 e. The van der Waals surface area contributed by atoms with E-state index in [9.17, 15) is 4.79 Å². The Bertz CT molecular complexity index is 516. The molecule has 4 heteroatoms. The lowest BCUT2D eigenvalue weighted by Crippen LogP contribution is -2.00. The molecule has 0 atom stereocenters. The lowest BCUT2D eigenvalue weighted by molar-refractivity contribution is 0.0698. The van der Waals surface area contributed by atoms with Gasteiger partial charge in [-0.3, -0.25) is 0 Å². The number of nitrogens with zero attached hydrogens (tertiary/aromatic N) is 1. The molecular weight excluding hydrogens is 246 g/mol. The van der Waals surface area contributed by atoms with Gasteiger partial charge in [-0.15, -0.1) is 0 Å². The first-order valence-electron chi connectivity index (χ1n) is 4.08. The van der Waals surface area contributed by atoms with Crippen LogP contribution in [-0.2, 0) is 7.05 Å². The van der Waals surface area contributed by atoms with E-state index < -0.39 is 5.97 Å². The van der Waals surface area contributed by atoms with Gasteiger partial charge in [0.05, 0.1) is 11.1 Å². The van der Waals surface area contributed by atoms with E-state index in [1.54, 1.807) is 12.1 Å². The monoisotopic (exact) mass is 253 g/mol. The van der Waals surface area contributed by atoms with Crippen molar-refractivity contribution >= 4 is 32.8 Å². The molecule has 0 saturated carbocycles. The molecular formula is C10H8BrNO2. The summed E-state index contributed by atoms with van der Waals surface area (Å²) in [6.07, 6.45) is 1.85. The fraction of sp³-hybridized carbons (Fsp3) is 0.100. The Kier molecular flexibility index (Phi) is 2.07. The van der Waals surface area contributed by atoms with Crippen LogP contribution >= 0.6 is 15.9 Å². The number of hydrogen-bond acceptors (Lipinski definition) is 1. The molecule has 0 unspecified atom stereocenters. The predicted octanol–water partition coefficient (Wildman–Crippen LogP) is 2.64. The molecule has 0 spiro atoms. The first-order valence-corrected chi connectivity index (χ1v) is 4.87. The second-order valence-electron chi connectivity index (χ2n) is 3.09. The third kappa shape index (κ3) is 1.23. The summed E-state index contributed by atoms with van der Waals surface area (Å²) in [6, 6.07) is 5.26. The van der Waals surface area contributed by atoms with Gasteiger partial charge in [0.2, 0.25) is 0 Å². The Morgan fingerprint density at radius 2 is 2.14 bits per heavy atom. The summed E-state index contributed by atoms with van der Waals surface area (Å²) in [5.41, 5.74) is 1.07. The molecule has 72 valence electrons. The van der Waals surface area contributed by atoms with E-state index >= 15 is 0 Å². The van der Waals surface area contributed by atoms with E-state index in [-0.39, 0.29) is 0 Å². The van der Waals surface area contributed by atoms with Crippen LogP contribution < -0.4 is 0 Å². The molecule has 1 aromatic carbocycles. The quantitative estimate of drug-likeness (QED) is 0.849. The van der Waals surface area contributed by atoms with Crippen molar-refractivity contribution in [2.45, 2.75) is 0 Å². The van der Waals surface area contributed by atoms with Crippen molar-refractivity contribution in [2.75, 3.05) is 0 Å². The van der Waals surface area contributed by atoms with Crippen LogP contribution in [0.25, 0.3) is 10.9 Å². The lowest BCUT2D eigenvalue weighted by Gasteiger charge is -2.02. The van der Waals surface area contributed by atoms with Crippen LogP contribution in [0, 0.1) is 0 Å². The second-order valence-corrected chi connectivity index (χ2v) is 3.94. The molecule has 2 rings (SSSR count). The van der Waals surface area contributed by atoms with Gasteiger partial charge in [0, 0.05) is 23.1 Å². The van der Waals surface area contributed by atoms with Gasteiger partial charge < -0.3 is 9.67 Å². The van der Waals surface area contributed by atoms with Gasteiger partial charge in [0.15, 0.2) is 0 Å². The van der Waals surface area contributed by atoms with Crippen molar-refractivity contribution < 1.29 is 9.90 Å². The summed E-state index contributed by atoms with van der Waals surface area (Å²) in [7, 11) is 1.83. The molecule has 0 aliphatic carbocycles. The Labute approximate surface area is 89.1 Å². The van der Waals surface area contributed by atoms with Gasteiger partial charge in [-0.05, 0) is 18.2 Å². The highest BCUT2D eigenvalue weighted by Crippen LogP contribution is 2.27. The van der Waals surface area contributed by atoms with Crippen LogP contribution in [0.15, 0.2) is 28.9 Å². The van der Waals surface area contributed by atoms with E-state index in [2.05, 4.69) is 15.9 Å². The Morgan fingerprint density at radius 3 is 2.79 bits per heavy atom. The number of aromatic nitrogens is 1. The van der Waals surface area contributed by atoms with E-state index in [1.165, 1.54) is 0 Å². The zero-order valence-corrected chi connectivity index (χ0v) is 9.08. The van der Waals surface area contributed by atoms with E-state index in [0.29, 0.717) is 5.56 Å². The Balaban J connectivity index is 2.92. The average molecular weight is 254 g/mol. The minimum atomic E-state index is -0.899. The topological polar surface area (TPSA) is 42.2 Å². The number of aryl methyl sites for hydroxylation is 1. The summed E-state index contributed by atoms with van der Waals surface area (Å²) >= 11 is 3.39. The predicted molar refractivity (Wildman–Crippen MR) is 57.6 cm³/mol. The SMILES string of the molecule is Cn1ccc2c(Br)ccc(C(=O)O)c21. The maximum atomic E-state index is 10.9. The number of rotatable bonds is 1. The molecule has 1 N–H and O–H groups in total. The smallest absolute Gasteiger partial charge is 0.337 e. The van der Waals surface area contributed by atoms with Crippen molar-refractivity contribution in [3.8, 4) is 0 Å². The van der Waals surface area contributed by atoms with Crippen LogP contribution in [0.5, 0.6) is 0 Å². The number of carboxylic acid groups (broad SMARTS) is 1. The second kappa shape index (κ2) is 3.13. The summed E-state index contributed by atoms with van der Waals surface area (Å²) in [4.78, 5) is 10.9. The first kappa shape index (κ1) is 9.27. The van der Waals surface area contributed by atoms with Crippen LogP contribution in [0.4, 0.5) is 0 Å². The van der Waals surface area contributed by atoms with Crippen molar-refractivity contribution in [1.29, 1.82) is 0 Å². The lowest BCUT2D eigenvalue weighted by atomic mass is 10.1. The van der Waals surface area contributed by atoms with Crippen LogP contribution in [0.3, 0.4) is 0 Å². The molecule has 0 amide bonds. The molecule has 0 radical (unpaired) electrons.